The molecule has 27 heavy (non-hydrogen) atoms. The third kappa shape index (κ3) is 16.3. The van der Waals surface area contributed by atoms with Gasteiger partial charge in [-0.1, -0.05) is 6.92 Å². The number of aliphatic hydroxyl groups excluding tert-OH is 3. The van der Waals surface area contributed by atoms with Gasteiger partial charge in [-0.3, -0.25) is 0 Å². The molecule has 0 fully saturated rings. The molecule has 0 aromatic rings. The van der Waals surface area contributed by atoms with Crippen molar-refractivity contribution in [1.82, 2.24) is 0 Å². The molecule has 0 rings (SSSR count). The largest absolute Gasteiger partial charge is 0.394 e. The first-order chi connectivity index (χ1) is 13.2. The summed E-state index contributed by atoms with van der Waals surface area (Å²) in [6, 6.07) is 0. The van der Waals surface area contributed by atoms with Gasteiger partial charge in [-0.05, 0) is 6.42 Å². The first kappa shape index (κ1) is 26.6. The monoisotopic (exact) mass is 398 g/mol. The summed E-state index contributed by atoms with van der Waals surface area (Å²) in [6.45, 7) is 6.90. The molecule has 0 amide bonds. The summed E-state index contributed by atoms with van der Waals surface area (Å²) in [5.74, 6) is 0. The molecule has 9 nitrogen and oxygen atoms in total. The summed E-state index contributed by atoms with van der Waals surface area (Å²) in [5, 5.41) is 26.1. The fraction of sp³-hybridized carbons (Fsp3) is 1.00. The summed E-state index contributed by atoms with van der Waals surface area (Å²) >= 11 is 0. The molecule has 0 spiro atoms. The molecule has 9 heteroatoms. The summed E-state index contributed by atoms with van der Waals surface area (Å²) in [6.07, 6.45) is 0.805. The van der Waals surface area contributed by atoms with E-state index in [0.717, 1.165) is 6.42 Å². The van der Waals surface area contributed by atoms with Crippen LogP contribution in [0.3, 0.4) is 0 Å². The van der Waals surface area contributed by atoms with Crippen LogP contribution in [0.1, 0.15) is 13.3 Å². The lowest BCUT2D eigenvalue weighted by atomic mass is 9.88. The van der Waals surface area contributed by atoms with Gasteiger partial charge in [0, 0.05) is 5.41 Å². The van der Waals surface area contributed by atoms with Gasteiger partial charge >= 0.3 is 0 Å². The Morgan fingerprint density at radius 1 is 0.481 bits per heavy atom. The van der Waals surface area contributed by atoms with E-state index in [1.165, 1.54) is 0 Å². The van der Waals surface area contributed by atoms with Crippen molar-refractivity contribution in [3.05, 3.63) is 0 Å². The molecule has 0 aromatic carbocycles. The maximum Gasteiger partial charge on any atom is 0.0701 e. The Balaban J connectivity index is 4.23. The zero-order chi connectivity index (χ0) is 20.1. The van der Waals surface area contributed by atoms with E-state index in [1.807, 2.05) is 0 Å². The minimum absolute atomic E-state index is 0.00270. The van der Waals surface area contributed by atoms with Gasteiger partial charge in [0.25, 0.3) is 0 Å². The van der Waals surface area contributed by atoms with Crippen LogP contribution in [-0.2, 0) is 28.4 Å². The SMILES string of the molecule is CCC(COCCOCCO)(COCCOCCO)COCCOCCO. The summed E-state index contributed by atoms with van der Waals surface area (Å²) in [4.78, 5) is 0. The highest BCUT2D eigenvalue weighted by atomic mass is 16.5. The lowest BCUT2D eigenvalue weighted by molar-refractivity contribution is -0.0905. The molecule has 0 bridgehead atoms. The highest BCUT2D eigenvalue weighted by Gasteiger charge is 2.29. The molecule has 0 atom stereocenters. The third-order valence-corrected chi connectivity index (χ3v) is 3.80. The normalized spacial score (nSPS) is 12.0. The van der Waals surface area contributed by atoms with Crippen LogP contribution in [0.25, 0.3) is 0 Å². The van der Waals surface area contributed by atoms with Gasteiger partial charge in [-0.25, -0.2) is 0 Å². The van der Waals surface area contributed by atoms with Crippen LogP contribution in [0.2, 0.25) is 0 Å². The second kappa shape index (κ2) is 20.4. The zero-order valence-corrected chi connectivity index (χ0v) is 16.6. The molecule has 0 saturated heterocycles. The molecule has 0 heterocycles. The van der Waals surface area contributed by atoms with Crippen molar-refractivity contribution in [3.8, 4) is 0 Å². The molecule has 0 aromatic heterocycles. The van der Waals surface area contributed by atoms with Crippen molar-refractivity contribution in [3.63, 3.8) is 0 Å². The van der Waals surface area contributed by atoms with Crippen molar-refractivity contribution in [1.29, 1.82) is 0 Å². The Morgan fingerprint density at radius 3 is 1.04 bits per heavy atom. The van der Waals surface area contributed by atoms with E-state index < -0.39 is 0 Å². The summed E-state index contributed by atoms with van der Waals surface area (Å²) < 4.78 is 32.8. The van der Waals surface area contributed by atoms with Gasteiger partial charge in [0.05, 0.1) is 99.1 Å². The molecule has 0 aliphatic heterocycles. The van der Waals surface area contributed by atoms with Gasteiger partial charge < -0.3 is 43.7 Å². The van der Waals surface area contributed by atoms with E-state index in [9.17, 15) is 0 Å². The van der Waals surface area contributed by atoms with Crippen LogP contribution in [0.5, 0.6) is 0 Å². The van der Waals surface area contributed by atoms with Crippen molar-refractivity contribution in [2.45, 2.75) is 13.3 Å². The molecule has 3 N–H and O–H groups in total. The average molecular weight is 398 g/mol. The lowest BCUT2D eigenvalue weighted by Crippen LogP contribution is -2.38. The smallest absolute Gasteiger partial charge is 0.0701 e. The summed E-state index contributed by atoms with van der Waals surface area (Å²) in [7, 11) is 0. The first-order valence-electron chi connectivity index (χ1n) is 9.53. The molecule has 0 saturated carbocycles. The predicted octanol–water partition coefficient (Wildman–Crippen LogP) is -0.541. The van der Waals surface area contributed by atoms with Crippen molar-refractivity contribution in [2.75, 3.05) is 99.1 Å². The second-order valence-corrected chi connectivity index (χ2v) is 6.02. The number of hydrogen-bond donors (Lipinski definition) is 3. The van der Waals surface area contributed by atoms with E-state index in [4.69, 9.17) is 43.7 Å². The first-order valence-corrected chi connectivity index (χ1v) is 9.53. The molecular weight excluding hydrogens is 360 g/mol. The van der Waals surface area contributed by atoms with Crippen LogP contribution in [0.4, 0.5) is 0 Å². The average Bonchev–Trinajstić information content (AvgIpc) is 2.69. The van der Waals surface area contributed by atoms with Crippen LogP contribution in [0, 0.1) is 5.41 Å². The van der Waals surface area contributed by atoms with Gasteiger partial charge in [-0.15, -0.1) is 0 Å². The number of aliphatic hydroxyl groups is 3. The van der Waals surface area contributed by atoms with Gasteiger partial charge in [0.2, 0.25) is 0 Å². The Morgan fingerprint density at radius 2 is 0.778 bits per heavy atom. The molecule has 0 unspecified atom stereocenters. The predicted molar refractivity (Wildman–Crippen MR) is 98.9 cm³/mol. The molecule has 0 radical (unpaired) electrons. The van der Waals surface area contributed by atoms with Crippen molar-refractivity contribution >= 4 is 0 Å². The van der Waals surface area contributed by atoms with E-state index >= 15 is 0 Å². The fourth-order valence-corrected chi connectivity index (χ4v) is 2.15. The molecule has 0 aliphatic carbocycles. The molecule has 164 valence electrons. The number of hydrogen-bond acceptors (Lipinski definition) is 9. The second-order valence-electron chi connectivity index (χ2n) is 6.02. The Hall–Kier alpha value is -0.360. The highest BCUT2D eigenvalue weighted by Crippen LogP contribution is 2.24. The third-order valence-electron chi connectivity index (χ3n) is 3.80. The van der Waals surface area contributed by atoms with E-state index in [1.54, 1.807) is 0 Å². The van der Waals surface area contributed by atoms with Crippen LogP contribution in [-0.4, -0.2) is 114 Å². The fourth-order valence-electron chi connectivity index (χ4n) is 2.15. The Kier molecular flexibility index (Phi) is 20.1. The Bertz CT molecular complexity index is 251. The maximum absolute atomic E-state index is 8.69. The molecular formula is C18H38O9. The molecule has 0 aliphatic rings. The number of ether oxygens (including phenoxy) is 6. The van der Waals surface area contributed by atoms with Crippen molar-refractivity contribution < 1.29 is 43.7 Å². The maximum atomic E-state index is 8.69. The standard InChI is InChI=1S/C18H38O9/c1-2-18(15-25-12-9-22-6-3-19,16-26-13-10-23-7-4-20)17-27-14-11-24-8-5-21/h19-21H,2-17H2,1H3. The minimum atomic E-state index is -0.301. The number of rotatable bonds is 22. The van der Waals surface area contributed by atoms with Gasteiger partial charge in [-0.2, -0.15) is 0 Å². The van der Waals surface area contributed by atoms with E-state index in [-0.39, 0.29) is 25.2 Å². The van der Waals surface area contributed by atoms with E-state index in [0.29, 0.717) is 79.3 Å². The van der Waals surface area contributed by atoms with Crippen LogP contribution in [0.15, 0.2) is 0 Å². The van der Waals surface area contributed by atoms with Crippen LogP contribution < -0.4 is 0 Å². The zero-order valence-electron chi connectivity index (χ0n) is 16.6. The topological polar surface area (TPSA) is 116 Å². The quantitative estimate of drug-likeness (QED) is 0.207. The lowest BCUT2D eigenvalue weighted by Gasteiger charge is -2.32. The van der Waals surface area contributed by atoms with E-state index in [2.05, 4.69) is 6.92 Å². The van der Waals surface area contributed by atoms with Gasteiger partial charge in [0.15, 0.2) is 0 Å². The van der Waals surface area contributed by atoms with Crippen molar-refractivity contribution in [2.24, 2.45) is 5.41 Å². The van der Waals surface area contributed by atoms with Gasteiger partial charge in [0.1, 0.15) is 0 Å². The summed E-state index contributed by atoms with van der Waals surface area (Å²) in [5.41, 5.74) is -0.301. The minimum Gasteiger partial charge on any atom is -0.394 e. The Labute approximate surface area is 162 Å². The van der Waals surface area contributed by atoms with Crippen LogP contribution >= 0.6 is 0 Å². The highest BCUT2D eigenvalue weighted by molar-refractivity contribution is 4.77.